The van der Waals surface area contributed by atoms with E-state index in [2.05, 4.69) is 35.8 Å². The van der Waals surface area contributed by atoms with E-state index in [4.69, 9.17) is 4.74 Å². The molecular formula is C28H34F2N2O3. The van der Waals surface area contributed by atoms with Crippen LogP contribution in [0.1, 0.15) is 44.2 Å². The third-order valence-electron chi connectivity index (χ3n) is 7.04. The van der Waals surface area contributed by atoms with E-state index < -0.39 is 29.8 Å². The van der Waals surface area contributed by atoms with E-state index in [1.165, 1.54) is 5.56 Å². The molecular weight excluding hydrogens is 450 g/mol. The first-order valence-corrected chi connectivity index (χ1v) is 12.3. The zero-order chi connectivity index (χ0) is 25.1. The molecule has 7 heteroatoms. The summed E-state index contributed by atoms with van der Waals surface area (Å²) in [7, 11) is 0. The number of carbonyl (C=O) groups is 1. The lowest BCUT2D eigenvalue weighted by Gasteiger charge is -2.36. The molecule has 188 valence electrons. The number of benzene rings is 2. The number of aliphatic hydroxyl groups is 1. The topological polar surface area (TPSA) is 53.0 Å². The van der Waals surface area contributed by atoms with Crippen LogP contribution in [0.4, 0.5) is 8.78 Å². The van der Waals surface area contributed by atoms with Crippen LogP contribution in [-0.2, 0) is 21.7 Å². The highest BCUT2D eigenvalue weighted by Crippen LogP contribution is 2.47. The Kier molecular flexibility index (Phi) is 7.45. The van der Waals surface area contributed by atoms with E-state index in [1.807, 2.05) is 30.6 Å². The van der Waals surface area contributed by atoms with Gasteiger partial charge in [-0.1, -0.05) is 74.5 Å². The van der Waals surface area contributed by atoms with Gasteiger partial charge in [0.15, 0.2) is 5.60 Å². The van der Waals surface area contributed by atoms with Crippen molar-refractivity contribution in [3.8, 4) is 0 Å². The molecule has 1 fully saturated rings. The van der Waals surface area contributed by atoms with Crippen LogP contribution in [0.25, 0.3) is 0 Å². The van der Waals surface area contributed by atoms with Gasteiger partial charge in [-0.05, 0) is 23.5 Å². The number of hydrogen-bond acceptors (Lipinski definition) is 5. The summed E-state index contributed by atoms with van der Waals surface area (Å²) in [6.07, 6.45) is 3.31. The predicted octanol–water partition coefficient (Wildman–Crippen LogP) is 5.12. The Morgan fingerprint density at radius 3 is 2.31 bits per heavy atom. The summed E-state index contributed by atoms with van der Waals surface area (Å²) in [5, 5.41) is 11.5. The van der Waals surface area contributed by atoms with Crippen LogP contribution < -0.4 is 0 Å². The first kappa shape index (κ1) is 25.2. The van der Waals surface area contributed by atoms with Crippen LogP contribution in [0.15, 0.2) is 73.1 Å². The summed E-state index contributed by atoms with van der Waals surface area (Å²) >= 11 is 0. The largest absolute Gasteiger partial charge is 0.461 e. The maximum atomic E-state index is 14.0. The number of nitrogens with zero attached hydrogens (tertiary/aromatic N) is 2. The van der Waals surface area contributed by atoms with Crippen LogP contribution in [-0.4, -0.2) is 46.1 Å². The Morgan fingerprint density at radius 2 is 1.71 bits per heavy atom. The highest BCUT2D eigenvalue weighted by atomic mass is 19.3. The Morgan fingerprint density at radius 1 is 1.09 bits per heavy atom. The molecule has 0 amide bonds. The summed E-state index contributed by atoms with van der Waals surface area (Å²) in [5.41, 5.74) is -0.598. The fourth-order valence-corrected chi connectivity index (χ4v) is 5.32. The number of ether oxygens (including phenoxy) is 1. The fraction of sp³-hybridized carbons (Fsp3) is 0.464. The molecule has 0 saturated heterocycles. The van der Waals surface area contributed by atoms with E-state index in [9.17, 15) is 18.7 Å². The molecule has 35 heavy (non-hydrogen) atoms. The van der Waals surface area contributed by atoms with Gasteiger partial charge in [0.25, 0.3) is 0 Å². The SMILES string of the molecule is CC(C)C1N(CCOC(=O)[C@](O)(c2ccccc2)[C@@H]2CCC(F)(F)C2)C=CN1Cc1ccccc1. The molecule has 1 aliphatic carbocycles. The molecule has 1 aliphatic heterocycles. The zero-order valence-corrected chi connectivity index (χ0v) is 20.3. The molecule has 2 aromatic rings. The molecule has 4 rings (SSSR count). The first-order valence-electron chi connectivity index (χ1n) is 12.3. The van der Waals surface area contributed by atoms with Crippen molar-refractivity contribution in [2.24, 2.45) is 11.8 Å². The average Bonchev–Trinajstić information content (AvgIpc) is 3.42. The molecule has 0 radical (unpaired) electrons. The van der Waals surface area contributed by atoms with Gasteiger partial charge in [-0.25, -0.2) is 13.6 Å². The number of esters is 1. The third kappa shape index (κ3) is 5.50. The number of alkyl halides is 2. The maximum Gasteiger partial charge on any atom is 0.343 e. The second kappa shape index (κ2) is 10.4. The molecule has 0 spiro atoms. The summed E-state index contributed by atoms with van der Waals surface area (Å²) in [6.45, 7) is 5.53. The molecule has 0 bridgehead atoms. The Balaban J connectivity index is 1.41. The van der Waals surface area contributed by atoms with E-state index >= 15 is 0 Å². The number of hydrogen-bond donors (Lipinski definition) is 1. The molecule has 0 aromatic heterocycles. The van der Waals surface area contributed by atoms with Crippen LogP contribution in [0.5, 0.6) is 0 Å². The van der Waals surface area contributed by atoms with Crippen LogP contribution in [0, 0.1) is 11.8 Å². The van der Waals surface area contributed by atoms with E-state index in [-0.39, 0.29) is 25.6 Å². The van der Waals surface area contributed by atoms with E-state index in [1.54, 1.807) is 30.3 Å². The fourth-order valence-electron chi connectivity index (χ4n) is 5.32. The Labute approximate surface area is 206 Å². The van der Waals surface area contributed by atoms with Crippen LogP contribution in [0.3, 0.4) is 0 Å². The molecule has 1 heterocycles. The van der Waals surface area contributed by atoms with Crippen molar-refractivity contribution in [3.63, 3.8) is 0 Å². The molecule has 1 saturated carbocycles. The van der Waals surface area contributed by atoms with Gasteiger partial charge in [0.1, 0.15) is 12.8 Å². The maximum absolute atomic E-state index is 14.0. The van der Waals surface area contributed by atoms with Gasteiger partial charge in [0.05, 0.1) is 6.54 Å². The minimum Gasteiger partial charge on any atom is -0.461 e. The van der Waals surface area contributed by atoms with Crippen molar-refractivity contribution in [1.82, 2.24) is 9.80 Å². The molecule has 2 aromatic carbocycles. The highest BCUT2D eigenvalue weighted by molar-refractivity contribution is 5.81. The van der Waals surface area contributed by atoms with Crippen molar-refractivity contribution >= 4 is 5.97 Å². The molecule has 3 atom stereocenters. The van der Waals surface area contributed by atoms with E-state index in [0.29, 0.717) is 18.0 Å². The Bertz CT molecular complexity index is 1020. The Hall–Kier alpha value is -2.93. The second-order valence-corrected chi connectivity index (χ2v) is 9.92. The van der Waals surface area contributed by atoms with Crippen LogP contribution in [0.2, 0.25) is 0 Å². The smallest absolute Gasteiger partial charge is 0.343 e. The molecule has 5 nitrogen and oxygen atoms in total. The van der Waals surface area contributed by atoms with Crippen molar-refractivity contribution in [2.75, 3.05) is 13.2 Å². The third-order valence-corrected chi connectivity index (χ3v) is 7.04. The minimum absolute atomic E-state index is 0.0455. The normalized spacial score (nSPS) is 23.0. The lowest BCUT2D eigenvalue weighted by molar-refractivity contribution is -0.175. The molecule has 1 N–H and O–H groups in total. The quantitative estimate of drug-likeness (QED) is 0.501. The number of carbonyl (C=O) groups excluding carboxylic acids is 1. The van der Waals surface area contributed by atoms with Gasteiger partial charge in [-0.3, -0.25) is 0 Å². The highest BCUT2D eigenvalue weighted by Gasteiger charge is 2.54. The van der Waals surface area contributed by atoms with Crippen molar-refractivity contribution < 1.29 is 23.4 Å². The predicted molar refractivity (Wildman–Crippen MR) is 130 cm³/mol. The zero-order valence-electron chi connectivity index (χ0n) is 20.3. The number of halogens is 2. The number of rotatable bonds is 9. The molecule has 2 aliphatic rings. The first-order chi connectivity index (χ1) is 16.7. The monoisotopic (exact) mass is 484 g/mol. The van der Waals surface area contributed by atoms with Crippen LogP contribution >= 0.6 is 0 Å². The van der Waals surface area contributed by atoms with Gasteiger partial charge in [-0.15, -0.1) is 0 Å². The van der Waals surface area contributed by atoms with Gasteiger partial charge in [-0.2, -0.15) is 0 Å². The summed E-state index contributed by atoms with van der Waals surface area (Å²) in [6, 6.07) is 18.5. The minimum atomic E-state index is -2.89. The average molecular weight is 485 g/mol. The molecule has 1 unspecified atom stereocenters. The van der Waals surface area contributed by atoms with Crippen molar-refractivity contribution in [3.05, 3.63) is 84.2 Å². The van der Waals surface area contributed by atoms with Gasteiger partial charge in [0.2, 0.25) is 5.92 Å². The summed E-state index contributed by atoms with van der Waals surface area (Å²) < 4.78 is 33.5. The summed E-state index contributed by atoms with van der Waals surface area (Å²) in [5.74, 6) is -4.34. The lowest BCUT2D eigenvalue weighted by Crippen LogP contribution is -2.46. The summed E-state index contributed by atoms with van der Waals surface area (Å²) in [4.78, 5) is 17.6. The lowest BCUT2D eigenvalue weighted by atomic mass is 9.80. The van der Waals surface area contributed by atoms with Gasteiger partial charge < -0.3 is 19.6 Å². The van der Waals surface area contributed by atoms with Gasteiger partial charge in [0, 0.05) is 37.7 Å². The second-order valence-electron chi connectivity index (χ2n) is 9.92. The van der Waals surface area contributed by atoms with Crippen molar-refractivity contribution in [2.45, 2.75) is 57.3 Å². The van der Waals surface area contributed by atoms with Crippen molar-refractivity contribution in [1.29, 1.82) is 0 Å². The van der Waals surface area contributed by atoms with Gasteiger partial charge >= 0.3 is 5.97 Å². The standard InChI is InChI=1S/C28H34F2N2O3/c1-21(2)25-31(15-16-32(25)20-22-9-5-3-6-10-22)17-18-35-26(33)28(34,23-11-7-4-8-12-23)24-13-14-27(29,30)19-24/h3-12,15-16,21,24-25,34H,13-14,17-20H2,1-2H3/t24-,25?,28+/m1/s1. The van der Waals surface area contributed by atoms with E-state index in [0.717, 1.165) is 6.54 Å².